The number of rotatable bonds is 13. The Kier molecular flexibility index (Phi) is 11.6. The number of nitrogens with two attached hydrogens (primary N) is 1. The van der Waals surface area contributed by atoms with Crippen molar-refractivity contribution in [2.24, 2.45) is 17.6 Å². The van der Waals surface area contributed by atoms with Crippen LogP contribution in [0.4, 0.5) is 0 Å². The fourth-order valence-corrected chi connectivity index (χ4v) is 2.58. The Morgan fingerprint density at radius 1 is 0.800 bits per heavy atom. The van der Waals surface area contributed by atoms with Gasteiger partial charge in [0.1, 0.15) is 18.1 Å². The molecule has 0 saturated heterocycles. The fraction of sp³-hybridized carbons (Fsp3) is 0.737. The molecule has 0 heterocycles. The van der Waals surface area contributed by atoms with Crippen molar-refractivity contribution in [1.29, 1.82) is 0 Å². The van der Waals surface area contributed by atoms with E-state index in [1.165, 1.54) is 6.92 Å². The van der Waals surface area contributed by atoms with Gasteiger partial charge in [-0.2, -0.15) is 0 Å². The maximum atomic E-state index is 12.7. The number of hydrogen-bond acceptors (Lipinski definition) is 6. The smallest absolute Gasteiger partial charge is 0.326 e. The van der Waals surface area contributed by atoms with E-state index < -0.39 is 60.2 Å². The second-order valence-electron chi connectivity index (χ2n) is 8.04. The Bertz CT molecular complexity index is 634. The summed E-state index contributed by atoms with van der Waals surface area (Å²) in [4.78, 5) is 59.3. The summed E-state index contributed by atoms with van der Waals surface area (Å²) in [5.74, 6) is -4.73. The van der Waals surface area contributed by atoms with Crippen molar-refractivity contribution in [3.8, 4) is 0 Å². The molecule has 0 aromatic heterocycles. The van der Waals surface area contributed by atoms with Crippen LogP contribution in [0.5, 0.6) is 0 Å². The van der Waals surface area contributed by atoms with E-state index in [-0.39, 0.29) is 24.7 Å². The van der Waals surface area contributed by atoms with E-state index in [4.69, 9.17) is 10.8 Å². The van der Waals surface area contributed by atoms with E-state index in [2.05, 4.69) is 16.0 Å². The highest BCUT2D eigenvalue weighted by atomic mass is 16.4. The number of aliphatic carboxylic acids is 2. The molecule has 0 rings (SSSR count). The van der Waals surface area contributed by atoms with E-state index in [0.29, 0.717) is 0 Å². The molecule has 11 heteroatoms. The maximum Gasteiger partial charge on any atom is 0.326 e. The van der Waals surface area contributed by atoms with Crippen LogP contribution >= 0.6 is 0 Å². The molecule has 172 valence electrons. The predicted octanol–water partition coefficient (Wildman–Crippen LogP) is -0.560. The summed E-state index contributed by atoms with van der Waals surface area (Å²) in [5, 5.41) is 25.4. The van der Waals surface area contributed by atoms with Crippen molar-refractivity contribution in [2.45, 2.75) is 78.0 Å². The molecule has 0 saturated carbocycles. The van der Waals surface area contributed by atoms with Gasteiger partial charge in [-0.25, -0.2) is 4.79 Å². The van der Waals surface area contributed by atoms with Crippen LogP contribution < -0.4 is 21.7 Å². The lowest BCUT2D eigenvalue weighted by atomic mass is 9.99. The minimum Gasteiger partial charge on any atom is -0.481 e. The topological polar surface area (TPSA) is 188 Å². The minimum absolute atomic E-state index is 0.0143. The fourth-order valence-electron chi connectivity index (χ4n) is 2.58. The number of amides is 3. The monoisotopic (exact) mass is 430 g/mol. The second-order valence-corrected chi connectivity index (χ2v) is 8.04. The van der Waals surface area contributed by atoms with Gasteiger partial charge in [-0.1, -0.05) is 27.7 Å². The van der Waals surface area contributed by atoms with Crippen LogP contribution in [0, 0.1) is 11.8 Å². The van der Waals surface area contributed by atoms with Gasteiger partial charge in [0.05, 0.1) is 6.04 Å². The van der Waals surface area contributed by atoms with Crippen LogP contribution in [-0.2, 0) is 24.0 Å². The van der Waals surface area contributed by atoms with Gasteiger partial charge in [-0.3, -0.25) is 19.2 Å². The molecular formula is C19H34N4O7. The van der Waals surface area contributed by atoms with Crippen molar-refractivity contribution in [2.75, 3.05) is 0 Å². The van der Waals surface area contributed by atoms with E-state index in [1.807, 2.05) is 13.8 Å². The first kappa shape index (κ1) is 27.3. The molecule has 0 aliphatic heterocycles. The average molecular weight is 431 g/mol. The summed E-state index contributed by atoms with van der Waals surface area (Å²) >= 11 is 0. The molecule has 0 radical (unpaired) electrons. The lowest BCUT2D eigenvalue weighted by molar-refractivity contribution is -0.143. The number of nitrogens with one attached hydrogen (secondary N) is 3. The van der Waals surface area contributed by atoms with Gasteiger partial charge in [0.2, 0.25) is 17.7 Å². The number of hydrogen-bond donors (Lipinski definition) is 6. The zero-order valence-electron chi connectivity index (χ0n) is 18.1. The summed E-state index contributed by atoms with van der Waals surface area (Å²) in [6.07, 6.45) is -0.510. The van der Waals surface area contributed by atoms with Gasteiger partial charge in [0.15, 0.2) is 0 Å². The van der Waals surface area contributed by atoms with Crippen molar-refractivity contribution in [3.63, 3.8) is 0 Å². The molecule has 0 aliphatic rings. The van der Waals surface area contributed by atoms with Crippen LogP contribution in [0.2, 0.25) is 0 Å². The molecule has 30 heavy (non-hydrogen) atoms. The lowest BCUT2D eigenvalue weighted by Gasteiger charge is -2.27. The molecule has 0 aliphatic carbocycles. The Morgan fingerprint density at radius 2 is 1.33 bits per heavy atom. The van der Waals surface area contributed by atoms with Gasteiger partial charge in [-0.15, -0.1) is 0 Å². The van der Waals surface area contributed by atoms with Crippen molar-refractivity contribution < 1.29 is 34.2 Å². The zero-order chi connectivity index (χ0) is 23.6. The van der Waals surface area contributed by atoms with E-state index in [0.717, 1.165) is 0 Å². The SMILES string of the molecule is CC(C)CC(NC(=O)C(NC(=O)C(C)N)C(C)C)C(=O)NC(CCC(=O)O)C(=O)O. The van der Waals surface area contributed by atoms with Crippen LogP contribution in [0.25, 0.3) is 0 Å². The number of carboxylic acids is 2. The summed E-state index contributed by atoms with van der Waals surface area (Å²) in [6, 6.07) is -4.22. The molecule has 11 nitrogen and oxygen atoms in total. The van der Waals surface area contributed by atoms with E-state index >= 15 is 0 Å². The number of carbonyl (C=O) groups is 5. The third-order valence-electron chi connectivity index (χ3n) is 4.26. The van der Waals surface area contributed by atoms with Gasteiger partial charge in [-0.05, 0) is 31.6 Å². The highest BCUT2D eigenvalue weighted by Gasteiger charge is 2.31. The molecule has 0 spiro atoms. The van der Waals surface area contributed by atoms with Gasteiger partial charge < -0.3 is 31.9 Å². The summed E-state index contributed by atoms with van der Waals surface area (Å²) in [5.41, 5.74) is 5.53. The molecular weight excluding hydrogens is 396 g/mol. The number of carbonyl (C=O) groups excluding carboxylic acids is 3. The lowest BCUT2D eigenvalue weighted by Crippen LogP contribution is -2.58. The third kappa shape index (κ3) is 10.2. The van der Waals surface area contributed by atoms with Crippen molar-refractivity contribution >= 4 is 29.7 Å². The molecule has 7 N–H and O–H groups in total. The predicted molar refractivity (Wildman–Crippen MR) is 108 cm³/mol. The van der Waals surface area contributed by atoms with Crippen LogP contribution in [0.15, 0.2) is 0 Å². The van der Waals surface area contributed by atoms with Crippen LogP contribution in [0.1, 0.15) is 53.9 Å². The maximum absolute atomic E-state index is 12.7. The Balaban J connectivity index is 5.38. The molecule has 0 aromatic carbocycles. The van der Waals surface area contributed by atoms with E-state index in [9.17, 15) is 29.1 Å². The molecule has 0 bridgehead atoms. The Labute approximate surface area is 176 Å². The summed E-state index contributed by atoms with van der Waals surface area (Å²) in [6.45, 7) is 8.56. The molecule has 3 amide bonds. The third-order valence-corrected chi connectivity index (χ3v) is 4.26. The van der Waals surface area contributed by atoms with Crippen molar-refractivity contribution in [3.05, 3.63) is 0 Å². The molecule has 0 fully saturated rings. The van der Waals surface area contributed by atoms with Crippen LogP contribution in [0.3, 0.4) is 0 Å². The largest absolute Gasteiger partial charge is 0.481 e. The first-order valence-electron chi connectivity index (χ1n) is 9.87. The number of carboxylic acid groups (broad SMARTS) is 2. The van der Waals surface area contributed by atoms with Gasteiger partial charge >= 0.3 is 11.9 Å². The zero-order valence-corrected chi connectivity index (χ0v) is 18.1. The molecule has 4 unspecified atom stereocenters. The summed E-state index contributed by atoms with van der Waals surface area (Å²) in [7, 11) is 0. The van der Waals surface area contributed by atoms with Gasteiger partial charge in [0, 0.05) is 6.42 Å². The summed E-state index contributed by atoms with van der Waals surface area (Å²) < 4.78 is 0. The first-order valence-corrected chi connectivity index (χ1v) is 9.87. The minimum atomic E-state index is -1.40. The van der Waals surface area contributed by atoms with E-state index in [1.54, 1.807) is 13.8 Å². The van der Waals surface area contributed by atoms with Crippen LogP contribution in [-0.4, -0.2) is 64.0 Å². The normalized spacial score (nSPS) is 15.1. The second kappa shape index (κ2) is 12.8. The first-order chi connectivity index (χ1) is 13.8. The van der Waals surface area contributed by atoms with Crippen molar-refractivity contribution in [1.82, 2.24) is 16.0 Å². The average Bonchev–Trinajstić information content (AvgIpc) is 2.60. The van der Waals surface area contributed by atoms with Gasteiger partial charge in [0.25, 0.3) is 0 Å². The highest BCUT2D eigenvalue weighted by Crippen LogP contribution is 2.09. The molecule has 0 aromatic rings. The highest BCUT2D eigenvalue weighted by molar-refractivity contribution is 5.94. The quantitative estimate of drug-likeness (QED) is 0.224. The Morgan fingerprint density at radius 3 is 1.73 bits per heavy atom. The standard InChI is InChI=1S/C19H34N4O7/c1-9(2)8-13(17(27)21-12(19(29)30)6-7-14(24)25)22-18(28)15(10(3)4)23-16(26)11(5)20/h9-13,15H,6-8,20H2,1-5H3,(H,21,27)(H,22,28)(H,23,26)(H,24,25)(H,29,30). The molecule has 4 atom stereocenters. The Hall–Kier alpha value is -2.69.